The maximum Gasteiger partial charge on any atom is 0.269 e. The van der Waals surface area contributed by atoms with Crippen LogP contribution >= 0.6 is 0 Å². The van der Waals surface area contributed by atoms with E-state index in [2.05, 4.69) is 6.92 Å². The highest BCUT2D eigenvalue weighted by atomic mass is 16.5. The number of carbonyl (C=O) groups is 1. The predicted octanol–water partition coefficient (Wildman–Crippen LogP) is 2.47. The Morgan fingerprint density at radius 3 is 2.65 bits per heavy atom. The minimum atomic E-state index is -0.325. The number of hydroxylamine groups is 2. The van der Waals surface area contributed by atoms with Gasteiger partial charge in [-0.15, -0.1) is 0 Å². The van der Waals surface area contributed by atoms with Crippen LogP contribution in [-0.4, -0.2) is 29.3 Å². The SMILES string of the molecule is CCCCC/C=C/C(=O)N(O)CCCCCN. The molecule has 3 N–H and O–H groups in total. The summed E-state index contributed by atoms with van der Waals surface area (Å²) in [6, 6.07) is 0. The summed E-state index contributed by atoms with van der Waals surface area (Å²) in [4.78, 5) is 11.4. The number of hydrogen-bond donors (Lipinski definition) is 2. The number of rotatable bonds is 10. The van der Waals surface area contributed by atoms with Crippen LogP contribution in [0.4, 0.5) is 0 Å². The summed E-state index contributed by atoms with van der Waals surface area (Å²) in [5, 5.41) is 10.2. The Kier molecular flexibility index (Phi) is 11.0. The Morgan fingerprint density at radius 2 is 2.00 bits per heavy atom. The third-order valence-electron chi connectivity index (χ3n) is 2.56. The van der Waals surface area contributed by atoms with Crippen LogP contribution in [0.2, 0.25) is 0 Å². The molecule has 0 saturated carbocycles. The van der Waals surface area contributed by atoms with Gasteiger partial charge in [-0.2, -0.15) is 0 Å². The third-order valence-corrected chi connectivity index (χ3v) is 2.56. The van der Waals surface area contributed by atoms with Crippen molar-refractivity contribution in [1.29, 1.82) is 0 Å². The van der Waals surface area contributed by atoms with Crippen LogP contribution in [0.1, 0.15) is 51.9 Å². The predicted molar refractivity (Wildman–Crippen MR) is 69.7 cm³/mol. The summed E-state index contributed by atoms with van der Waals surface area (Å²) < 4.78 is 0. The first kappa shape index (κ1) is 16.1. The van der Waals surface area contributed by atoms with Crippen LogP contribution in [0.15, 0.2) is 12.2 Å². The summed E-state index contributed by atoms with van der Waals surface area (Å²) in [5.41, 5.74) is 5.36. The lowest BCUT2D eigenvalue weighted by Crippen LogP contribution is -2.26. The minimum absolute atomic E-state index is 0.325. The highest BCUT2D eigenvalue weighted by Crippen LogP contribution is 2.01. The largest absolute Gasteiger partial charge is 0.330 e. The van der Waals surface area contributed by atoms with E-state index >= 15 is 0 Å². The van der Waals surface area contributed by atoms with Gasteiger partial charge in [0.1, 0.15) is 0 Å². The fourth-order valence-corrected chi connectivity index (χ4v) is 1.48. The molecule has 0 rings (SSSR count). The van der Waals surface area contributed by atoms with E-state index in [1.54, 1.807) is 0 Å². The Labute approximate surface area is 104 Å². The van der Waals surface area contributed by atoms with Gasteiger partial charge in [-0.05, 0) is 32.2 Å². The van der Waals surface area contributed by atoms with Crippen LogP contribution in [0.5, 0.6) is 0 Å². The highest BCUT2D eigenvalue weighted by Gasteiger charge is 2.05. The number of nitrogens with two attached hydrogens (primary N) is 1. The van der Waals surface area contributed by atoms with Crippen molar-refractivity contribution in [1.82, 2.24) is 5.06 Å². The van der Waals surface area contributed by atoms with Crippen LogP contribution in [0.25, 0.3) is 0 Å². The molecule has 0 aromatic carbocycles. The molecule has 4 heteroatoms. The van der Waals surface area contributed by atoms with E-state index in [9.17, 15) is 10.0 Å². The molecule has 17 heavy (non-hydrogen) atoms. The zero-order valence-corrected chi connectivity index (χ0v) is 10.9. The number of unbranched alkanes of at least 4 members (excludes halogenated alkanes) is 5. The van der Waals surface area contributed by atoms with Gasteiger partial charge >= 0.3 is 0 Å². The fourth-order valence-electron chi connectivity index (χ4n) is 1.48. The monoisotopic (exact) mass is 242 g/mol. The normalized spacial score (nSPS) is 11.0. The molecule has 0 aliphatic carbocycles. The summed E-state index contributed by atoms with van der Waals surface area (Å²) in [5.74, 6) is -0.325. The van der Waals surface area contributed by atoms with Crippen molar-refractivity contribution >= 4 is 5.91 Å². The van der Waals surface area contributed by atoms with Crippen LogP contribution in [0.3, 0.4) is 0 Å². The number of amides is 1. The molecule has 0 aliphatic rings. The average Bonchev–Trinajstić information content (AvgIpc) is 2.34. The molecule has 0 heterocycles. The molecule has 100 valence electrons. The van der Waals surface area contributed by atoms with Crippen molar-refractivity contribution in [3.8, 4) is 0 Å². The van der Waals surface area contributed by atoms with E-state index in [1.807, 2.05) is 6.08 Å². The van der Waals surface area contributed by atoms with Gasteiger partial charge in [0.2, 0.25) is 0 Å². The van der Waals surface area contributed by atoms with Crippen molar-refractivity contribution in [2.45, 2.75) is 51.9 Å². The Bertz CT molecular complexity index is 217. The highest BCUT2D eigenvalue weighted by molar-refractivity contribution is 5.86. The molecule has 0 fully saturated rings. The Hall–Kier alpha value is -0.870. The molecule has 0 saturated heterocycles. The average molecular weight is 242 g/mol. The number of carbonyl (C=O) groups excluding carboxylic acids is 1. The Balaban J connectivity index is 3.58. The van der Waals surface area contributed by atoms with Crippen molar-refractivity contribution in [2.24, 2.45) is 5.73 Å². The standard InChI is InChI=1S/C13H26N2O2/c1-2-3-4-5-7-10-13(16)15(17)12-9-6-8-11-14/h7,10,17H,2-6,8-9,11-12,14H2,1H3/b10-7+. The first-order valence-electron chi connectivity index (χ1n) is 6.59. The molecule has 0 aromatic rings. The maximum absolute atomic E-state index is 11.4. The van der Waals surface area contributed by atoms with Gasteiger partial charge < -0.3 is 5.73 Å². The number of nitrogens with zero attached hydrogens (tertiary/aromatic N) is 1. The topological polar surface area (TPSA) is 66.6 Å². The number of hydrogen-bond acceptors (Lipinski definition) is 3. The third kappa shape index (κ3) is 10.0. The van der Waals surface area contributed by atoms with Crippen LogP contribution < -0.4 is 5.73 Å². The molecule has 1 amide bonds. The molecular weight excluding hydrogens is 216 g/mol. The molecule has 0 bridgehead atoms. The molecule has 0 radical (unpaired) electrons. The number of allylic oxidation sites excluding steroid dienone is 1. The van der Waals surface area contributed by atoms with Crippen molar-refractivity contribution < 1.29 is 10.0 Å². The summed E-state index contributed by atoms with van der Waals surface area (Å²) in [6.45, 7) is 3.19. The van der Waals surface area contributed by atoms with Crippen LogP contribution in [-0.2, 0) is 4.79 Å². The van der Waals surface area contributed by atoms with Crippen molar-refractivity contribution in [2.75, 3.05) is 13.1 Å². The van der Waals surface area contributed by atoms with E-state index < -0.39 is 0 Å². The molecule has 0 atom stereocenters. The van der Waals surface area contributed by atoms with Crippen molar-refractivity contribution in [3.63, 3.8) is 0 Å². The van der Waals surface area contributed by atoms with E-state index in [1.165, 1.54) is 18.9 Å². The second-order valence-corrected chi connectivity index (χ2v) is 4.21. The van der Waals surface area contributed by atoms with Gasteiger partial charge in [0.05, 0.1) is 0 Å². The molecular formula is C13H26N2O2. The van der Waals surface area contributed by atoms with Gasteiger partial charge in [-0.25, -0.2) is 5.06 Å². The molecule has 0 spiro atoms. The van der Waals surface area contributed by atoms with Gasteiger partial charge in [-0.1, -0.05) is 32.3 Å². The fraction of sp³-hybridized carbons (Fsp3) is 0.769. The molecule has 0 aliphatic heterocycles. The van der Waals surface area contributed by atoms with Gasteiger partial charge in [0, 0.05) is 12.6 Å². The first-order valence-corrected chi connectivity index (χ1v) is 6.59. The smallest absolute Gasteiger partial charge is 0.269 e. The lowest BCUT2D eigenvalue weighted by Gasteiger charge is -2.12. The van der Waals surface area contributed by atoms with E-state index in [0.717, 1.165) is 37.2 Å². The molecule has 0 aromatic heterocycles. The van der Waals surface area contributed by atoms with Crippen molar-refractivity contribution in [3.05, 3.63) is 12.2 Å². The second-order valence-electron chi connectivity index (χ2n) is 4.21. The van der Waals surface area contributed by atoms with E-state index in [0.29, 0.717) is 13.1 Å². The van der Waals surface area contributed by atoms with Crippen LogP contribution in [0, 0.1) is 0 Å². The summed E-state index contributed by atoms with van der Waals surface area (Å²) >= 11 is 0. The zero-order valence-electron chi connectivity index (χ0n) is 10.9. The Morgan fingerprint density at radius 1 is 1.24 bits per heavy atom. The maximum atomic E-state index is 11.4. The summed E-state index contributed by atoms with van der Waals surface area (Å²) in [6.07, 6.45) is 10.3. The lowest BCUT2D eigenvalue weighted by molar-refractivity contribution is -0.159. The van der Waals surface area contributed by atoms with E-state index in [-0.39, 0.29) is 5.91 Å². The van der Waals surface area contributed by atoms with Gasteiger partial charge in [-0.3, -0.25) is 10.0 Å². The van der Waals surface area contributed by atoms with Gasteiger partial charge in [0.25, 0.3) is 5.91 Å². The molecule has 0 unspecified atom stereocenters. The van der Waals surface area contributed by atoms with E-state index in [4.69, 9.17) is 5.73 Å². The minimum Gasteiger partial charge on any atom is -0.330 e. The lowest BCUT2D eigenvalue weighted by atomic mass is 10.2. The second kappa shape index (κ2) is 11.6. The zero-order chi connectivity index (χ0) is 12.9. The first-order chi connectivity index (χ1) is 8.22. The molecule has 4 nitrogen and oxygen atoms in total. The quantitative estimate of drug-likeness (QED) is 0.268. The summed E-state index contributed by atoms with van der Waals surface area (Å²) in [7, 11) is 0. The van der Waals surface area contributed by atoms with Gasteiger partial charge in [0.15, 0.2) is 0 Å².